The van der Waals surface area contributed by atoms with E-state index in [9.17, 15) is 4.79 Å². The van der Waals surface area contributed by atoms with Gasteiger partial charge in [-0.25, -0.2) is 5.48 Å². The zero-order valence-corrected chi connectivity index (χ0v) is 8.61. The molecule has 6 heteroatoms. The highest BCUT2D eigenvalue weighted by atomic mass is 35.5. The third-order valence-corrected chi connectivity index (χ3v) is 2.39. The molecule has 0 bridgehead atoms. The molecule has 0 atom stereocenters. The van der Waals surface area contributed by atoms with E-state index in [1.165, 1.54) is 17.7 Å². The van der Waals surface area contributed by atoms with Crippen molar-refractivity contribution in [3.63, 3.8) is 0 Å². The third-order valence-electron chi connectivity index (χ3n) is 1.54. The van der Waals surface area contributed by atoms with Crippen LogP contribution in [0.4, 0.5) is 0 Å². The first-order valence-corrected chi connectivity index (χ1v) is 4.17. The lowest BCUT2D eigenvalue weighted by Gasteiger charge is -2.02. The standard InChI is InChI=1S/C7H8Cl2N2O2/c1-11-5(7(12)10-13-2)3-4(8)6(11)9/h3H,1-2H3,(H,10,12). The van der Waals surface area contributed by atoms with Gasteiger partial charge in [0.2, 0.25) is 0 Å². The van der Waals surface area contributed by atoms with Crippen LogP contribution in [0, 0.1) is 0 Å². The molecule has 0 radical (unpaired) electrons. The van der Waals surface area contributed by atoms with E-state index in [-0.39, 0.29) is 5.91 Å². The van der Waals surface area contributed by atoms with Gasteiger partial charge in [0, 0.05) is 7.05 Å². The number of nitrogens with zero attached hydrogens (tertiary/aromatic N) is 1. The van der Waals surface area contributed by atoms with Gasteiger partial charge in [0.25, 0.3) is 5.91 Å². The Kier molecular flexibility index (Phi) is 3.19. The largest absolute Gasteiger partial charge is 0.329 e. The average molecular weight is 223 g/mol. The zero-order valence-electron chi connectivity index (χ0n) is 7.10. The van der Waals surface area contributed by atoms with Crippen LogP contribution in [-0.2, 0) is 11.9 Å². The second-order valence-corrected chi connectivity index (χ2v) is 3.13. The smallest absolute Gasteiger partial charge is 0.291 e. The highest BCUT2D eigenvalue weighted by Gasteiger charge is 2.14. The van der Waals surface area contributed by atoms with Crippen molar-refractivity contribution in [3.05, 3.63) is 21.9 Å². The van der Waals surface area contributed by atoms with Gasteiger partial charge < -0.3 is 4.57 Å². The lowest BCUT2D eigenvalue weighted by molar-refractivity contribution is 0.0529. The van der Waals surface area contributed by atoms with Gasteiger partial charge in [0.15, 0.2) is 0 Å². The van der Waals surface area contributed by atoms with E-state index < -0.39 is 0 Å². The molecule has 0 unspecified atom stereocenters. The van der Waals surface area contributed by atoms with Crippen LogP contribution in [0.25, 0.3) is 0 Å². The molecule has 13 heavy (non-hydrogen) atoms. The van der Waals surface area contributed by atoms with Crippen LogP contribution in [0.1, 0.15) is 10.5 Å². The van der Waals surface area contributed by atoms with Crippen LogP contribution < -0.4 is 5.48 Å². The molecule has 0 aromatic carbocycles. The van der Waals surface area contributed by atoms with Crippen molar-refractivity contribution in [1.82, 2.24) is 10.0 Å². The Morgan fingerprint density at radius 3 is 2.62 bits per heavy atom. The molecule has 1 aromatic rings. The first kappa shape index (κ1) is 10.4. The van der Waals surface area contributed by atoms with E-state index in [2.05, 4.69) is 10.3 Å². The first-order valence-electron chi connectivity index (χ1n) is 3.42. The molecule has 0 saturated heterocycles. The number of hydrogen-bond acceptors (Lipinski definition) is 2. The molecular formula is C7H8Cl2N2O2. The summed E-state index contributed by atoms with van der Waals surface area (Å²) in [5.74, 6) is -0.390. The fraction of sp³-hybridized carbons (Fsp3) is 0.286. The summed E-state index contributed by atoms with van der Waals surface area (Å²) in [4.78, 5) is 15.7. The SMILES string of the molecule is CONC(=O)c1cc(Cl)c(Cl)n1C. The Balaban J connectivity index is 3.01. The van der Waals surface area contributed by atoms with E-state index >= 15 is 0 Å². The number of halogens is 2. The Morgan fingerprint density at radius 2 is 2.23 bits per heavy atom. The Bertz CT molecular complexity index is 335. The summed E-state index contributed by atoms with van der Waals surface area (Å²) in [6.07, 6.45) is 0. The molecular weight excluding hydrogens is 215 g/mol. The fourth-order valence-corrected chi connectivity index (χ4v) is 1.28. The molecule has 1 rings (SSSR count). The van der Waals surface area contributed by atoms with Crippen LogP contribution in [0.15, 0.2) is 6.07 Å². The molecule has 1 amide bonds. The molecule has 4 nitrogen and oxygen atoms in total. The van der Waals surface area contributed by atoms with Crippen LogP contribution >= 0.6 is 23.2 Å². The molecule has 0 spiro atoms. The van der Waals surface area contributed by atoms with Crippen molar-refractivity contribution >= 4 is 29.1 Å². The summed E-state index contributed by atoms with van der Waals surface area (Å²) >= 11 is 11.5. The number of amides is 1. The number of aromatic nitrogens is 1. The van der Waals surface area contributed by atoms with E-state index in [0.717, 1.165) is 0 Å². The van der Waals surface area contributed by atoms with Gasteiger partial charge in [-0.1, -0.05) is 23.2 Å². The minimum absolute atomic E-state index is 0.322. The first-order chi connectivity index (χ1) is 6.07. The van der Waals surface area contributed by atoms with Crippen molar-refractivity contribution in [2.45, 2.75) is 0 Å². The lowest BCUT2D eigenvalue weighted by Crippen LogP contribution is -2.23. The van der Waals surface area contributed by atoms with E-state index in [4.69, 9.17) is 23.2 Å². The van der Waals surface area contributed by atoms with E-state index in [0.29, 0.717) is 15.9 Å². The van der Waals surface area contributed by atoms with Crippen LogP contribution in [-0.4, -0.2) is 17.6 Å². The predicted octanol–water partition coefficient (Wildman–Crippen LogP) is 1.62. The second kappa shape index (κ2) is 4.00. The van der Waals surface area contributed by atoms with E-state index in [1.54, 1.807) is 7.05 Å². The molecule has 72 valence electrons. The monoisotopic (exact) mass is 222 g/mol. The number of nitrogens with one attached hydrogen (secondary N) is 1. The van der Waals surface area contributed by atoms with Crippen LogP contribution in [0.3, 0.4) is 0 Å². The summed E-state index contributed by atoms with van der Waals surface area (Å²) in [7, 11) is 2.99. The van der Waals surface area contributed by atoms with Crippen molar-refractivity contribution in [3.8, 4) is 0 Å². The Labute approximate surface area is 85.3 Å². The van der Waals surface area contributed by atoms with Crippen LogP contribution in [0.5, 0.6) is 0 Å². The van der Waals surface area contributed by atoms with Gasteiger partial charge in [-0.05, 0) is 6.07 Å². The molecule has 0 saturated carbocycles. The maximum absolute atomic E-state index is 11.3. The summed E-state index contributed by atoms with van der Waals surface area (Å²) in [6.45, 7) is 0. The van der Waals surface area contributed by atoms with E-state index in [1.807, 2.05) is 0 Å². The molecule has 0 fully saturated rings. The topological polar surface area (TPSA) is 43.3 Å². The zero-order chi connectivity index (χ0) is 10.0. The highest BCUT2D eigenvalue weighted by molar-refractivity contribution is 6.41. The summed E-state index contributed by atoms with van der Waals surface area (Å²) < 4.78 is 1.47. The minimum Gasteiger partial charge on any atom is -0.329 e. The van der Waals surface area contributed by atoms with Crippen molar-refractivity contribution in [2.24, 2.45) is 7.05 Å². The summed E-state index contributed by atoms with van der Waals surface area (Å²) in [5.41, 5.74) is 2.51. The lowest BCUT2D eigenvalue weighted by atomic mass is 10.4. The molecule has 1 aromatic heterocycles. The van der Waals surface area contributed by atoms with Gasteiger partial charge in [-0.2, -0.15) is 0 Å². The minimum atomic E-state index is -0.390. The van der Waals surface area contributed by atoms with Gasteiger partial charge in [0.1, 0.15) is 10.8 Å². The van der Waals surface area contributed by atoms with Gasteiger partial charge in [-0.15, -0.1) is 0 Å². The number of carbonyl (C=O) groups is 1. The number of hydrogen-bond donors (Lipinski definition) is 1. The predicted molar refractivity (Wildman–Crippen MR) is 49.9 cm³/mol. The highest BCUT2D eigenvalue weighted by Crippen LogP contribution is 2.24. The Morgan fingerprint density at radius 1 is 1.62 bits per heavy atom. The van der Waals surface area contributed by atoms with Gasteiger partial charge in [0.05, 0.1) is 12.1 Å². The number of carbonyl (C=O) groups excluding carboxylic acids is 1. The van der Waals surface area contributed by atoms with Gasteiger partial charge >= 0.3 is 0 Å². The van der Waals surface area contributed by atoms with Crippen molar-refractivity contribution in [1.29, 1.82) is 0 Å². The van der Waals surface area contributed by atoms with Crippen molar-refractivity contribution < 1.29 is 9.63 Å². The number of rotatable bonds is 2. The fourth-order valence-electron chi connectivity index (χ4n) is 0.905. The molecule has 0 aliphatic carbocycles. The normalized spacial score (nSPS) is 10.2. The van der Waals surface area contributed by atoms with Crippen molar-refractivity contribution in [2.75, 3.05) is 7.11 Å². The maximum Gasteiger partial charge on any atom is 0.291 e. The molecule has 1 heterocycles. The molecule has 0 aliphatic heterocycles. The maximum atomic E-state index is 11.3. The third kappa shape index (κ3) is 1.96. The summed E-state index contributed by atoms with van der Waals surface area (Å²) in [5, 5.41) is 0.660. The molecule has 1 N–H and O–H groups in total. The van der Waals surface area contributed by atoms with Crippen LogP contribution in [0.2, 0.25) is 10.2 Å². The average Bonchev–Trinajstić information content (AvgIpc) is 2.33. The quantitative estimate of drug-likeness (QED) is 0.774. The van der Waals surface area contributed by atoms with Gasteiger partial charge in [-0.3, -0.25) is 9.63 Å². The Hall–Kier alpha value is -0.710. The summed E-state index contributed by atoms with van der Waals surface area (Å²) in [6, 6.07) is 1.47. The number of hydroxylamine groups is 1. The second-order valence-electron chi connectivity index (χ2n) is 2.36. The molecule has 0 aliphatic rings.